The summed E-state index contributed by atoms with van der Waals surface area (Å²) < 4.78 is 0. The third-order valence-corrected chi connectivity index (χ3v) is 3.69. The van der Waals surface area contributed by atoms with Crippen molar-refractivity contribution < 1.29 is 0 Å². The third-order valence-electron chi connectivity index (χ3n) is 3.35. The summed E-state index contributed by atoms with van der Waals surface area (Å²) in [5.74, 6) is 0. The average Bonchev–Trinajstić information content (AvgIpc) is 2.55. The number of hydrogen-bond acceptors (Lipinski definition) is 1. The molecule has 0 fully saturated rings. The molecule has 1 heterocycles. The Morgan fingerprint density at radius 1 is 1.35 bits per heavy atom. The number of aromatic nitrogens is 1. The Hall–Kier alpha value is -0.820. The molecule has 0 aliphatic heterocycles. The summed E-state index contributed by atoms with van der Waals surface area (Å²) in [6, 6.07) is 4.32. The number of nitrogens with zero attached hydrogens (tertiary/aromatic N) is 1. The molecule has 1 aromatic heterocycles. The number of rotatable bonds is 3. The lowest BCUT2D eigenvalue weighted by molar-refractivity contribution is 0.709. The topological polar surface area (TPSA) is 12.9 Å². The molecule has 1 nitrogen and oxygen atoms in total. The number of allylic oxidation sites excluding steroid dienone is 2. The van der Waals surface area contributed by atoms with E-state index in [0.29, 0.717) is 0 Å². The number of pyridine rings is 1. The van der Waals surface area contributed by atoms with Crippen LogP contribution in [0.15, 0.2) is 30.0 Å². The van der Waals surface area contributed by atoms with E-state index < -0.39 is 0 Å². The van der Waals surface area contributed by atoms with E-state index in [9.17, 15) is 0 Å². The molecular weight excluding hydrogens is 230 g/mol. The first-order valence-corrected chi connectivity index (χ1v) is 6.99. The van der Waals surface area contributed by atoms with Crippen molar-refractivity contribution >= 4 is 11.6 Å². The summed E-state index contributed by atoms with van der Waals surface area (Å²) in [6.07, 6.45) is 11.1. The van der Waals surface area contributed by atoms with E-state index in [2.05, 4.69) is 30.1 Å². The van der Waals surface area contributed by atoms with Gasteiger partial charge in [-0.1, -0.05) is 31.1 Å². The minimum Gasteiger partial charge on any atom is -0.261 e. The molecule has 1 aliphatic rings. The molecule has 0 bridgehead atoms. The third kappa shape index (κ3) is 3.85. The molecule has 0 saturated carbocycles. The number of alkyl halides is 1. The Balaban J connectivity index is 2.03. The van der Waals surface area contributed by atoms with Crippen LogP contribution in [-0.4, -0.2) is 10.4 Å². The molecule has 1 unspecified atom stereocenters. The highest BCUT2D eigenvalue weighted by molar-refractivity contribution is 6.21. The Morgan fingerprint density at radius 3 is 2.94 bits per heavy atom. The monoisotopic (exact) mass is 249 g/mol. The Morgan fingerprint density at radius 2 is 2.24 bits per heavy atom. The van der Waals surface area contributed by atoms with Crippen LogP contribution in [0.3, 0.4) is 0 Å². The molecule has 92 valence electrons. The number of aryl methyl sites for hydroxylation is 1. The molecule has 17 heavy (non-hydrogen) atoms. The van der Waals surface area contributed by atoms with E-state index in [-0.39, 0.29) is 5.38 Å². The van der Waals surface area contributed by atoms with E-state index >= 15 is 0 Å². The normalized spacial score (nSPS) is 20.8. The van der Waals surface area contributed by atoms with Gasteiger partial charge in [-0.15, -0.1) is 11.6 Å². The molecule has 2 rings (SSSR count). The quantitative estimate of drug-likeness (QED) is 0.575. The smallest absolute Gasteiger partial charge is 0.0518 e. The maximum absolute atomic E-state index is 6.23. The summed E-state index contributed by atoms with van der Waals surface area (Å²) in [7, 11) is 0. The lowest BCUT2D eigenvalue weighted by atomic mass is 10.0. The Labute approximate surface area is 109 Å². The van der Waals surface area contributed by atoms with Gasteiger partial charge in [-0.05, 0) is 37.3 Å². The molecule has 0 spiro atoms. The first kappa shape index (κ1) is 12.6. The summed E-state index contributed by atoms with van der Waals surface area (Å²) in [5.41, 5.74) is 3.93. The van der Waals surface area contributed by atoms with Crippen LogP contribution < -0.4 is 0 Å². The average molecular weight is 250 g/mol. The van der Waals surface area contributed by atoms with Crippen molar-refractivity contribution in [3.63, 3.8) is 0 Å². The van der Waals surface area contributed by atoms with Crippen molar-refractivity contribution in [1.29, 1.82) is 0 Å². The predicted octanol–water partition coefficient (Wildman–Crippen LogP) is 4.29. The van der Waals surface area contributed by atoms with Crippen LogP contribution in [0.1, 0.15) is 43.9 Å². The van der Waals surface area contributed by atoms with Crippen molar-refractivity contribution in [2.24, 2.45) is 0 Å². The summed E-state index contributed by atoms with van der Waals surface area (Å²) in [4.78, 5) is 4.52. The maximum Gasteiger partial charge on any atom is 0.0518 e. The minimum atomic E-state index is 0.224. The molecule has 0 saturated heterocycles. The Bertz CT molecular complexity index is 380. The standard InChI is InChI=1S/C15H20ClN/c1-2-12-7-8-15(17-11-12)10-13-5-3-4-6-14(16)9-13/h7-9,11,14H,2-6,10H2,1H3. The fourth-order valence-electron chi connectivity index (χ4n) is 2.26. The van der Waals surface area contributed by atoms with Crippen LogP contribution in [0.2, 0.25) is 0 Å². The molecule has 2 heteroatoms. The molecule has 1 aromatic rings. The first-order valence-electron chi connectivity index (χ1n) is 6.55. The first-order chi connectivity index (χ1) is 8.28. The van der Waals surface area contributed by atoms with Gasteiger partial charge in [0.05, 0.1) is 5.38 Å². The molecule has 0 amide bonds. The van der Waals surface area contributed by atoms with E-state index in [4.69, 9.17) is 11.6 Å². The highest BCUT2D eigenvalue weighted by atomic mass is 35.5. The van der Waals surface area contributed by atoms with E-state index in [1.165, 1.54) is 36.1 Å². The second-order valence-electron chi connectivity index (χ2n) is 4.77. The van der Waals surface area contributed by atoms with Crippen LogP contribution in [0.25, 0.3) is 0 Å². The van der Waals surface area contributed by atoms with Gasteiger partial charge >= 0.3 is 0 Å². The number of halogens is 1. The van der Waals surface area contributed by atoms with E-state index in [1.807, 2.05) is 6.20 Å². The number of hydrogen-bond donors (Lipinski definition) is 0. The summed E-state index contributed by atoms with van der Waals surface area (Å²) in [5, 5.41) is 0.224. The van der Waals surface area contributed by atoms with Crippen LogP contribution in [0, 0.1) is 0 Å². The van der Waals surface area contributed by atoms with Gasteiger partial charge in [-0.25, -0.2) is 0 Å². The minimum absolute atomic E-state index is 0.224. The van der Waals surface area contributed by atoms with Crippen molar-refractivity contribution in [3.05, 3.63) is 41.2 Å². The fourth-order valence-corrected chi connectivity index (χ4v) is 2.60. The predicted molar refractivity (Wildman–Crippen MR) is 73.5 cm³/mol. The lowest BCUT2D eigenvalue weighted by Gasteiger charge is -2.06. The highest BCUT2D eigenvalue weighted by Gasteiger charge is 2.10. The van der Waals surface area contributed by atoms with Gasteiger partial charge in [0.1, 0.15) is 0 Å². The van der Waals surface area contributed by atoms with Crippen molar-refractivity contribution in [3.8, 4) is 0 Å². The van der Waals surface area contributed by atoms with Gasteiger partial charge in [-0.2, -0.15) is 0 Å². The van der Waals surface area contributed by atoms with E-state index in [0.717, 1.165) is 19.3 Å². The van der Waals surface area contributed by atoms with Gasteiger partial charge in [-0.3, -0.25) is 4.98 Å². The van der Waals surface area contributed by atoms with Crippen LogP contribution in [0.5, 0.6) is 0 Å². The molecule has 0 aromatic carbocycles. The lowest BCUT2D eigenvalue weighted by Crippen LogP contribution is -1.97. The zero-order valence-electron chi connectivity index (χ0n) is 10.5. The van der Waals surface area contributed by atoms with Crippen molar-refractivity contribution in [1.82, 2.24) is 4.98 Å². The zero-order valence-corrected chi connectivity index (χ0v) is 11.2. The maximum atomic E-state index is 6.23. The molecule has 0 N–H and O–H groups in total. The van der Waals surface area contributed by atoms with E-state index in [1.54, 1.807) is 0 Å². The fraction of sp³-hybridized carbons (Fsp3) is 0.533. The second kappa shape index (κ2) is 6.20. The largest absolute Gasteiger partial charge is 0.261 e. The van der Waals surface area contributed by atoms with Gasteiger partial charge in [0, 0.05) is 18.3 Å². The molecule has 0 radical (unpaired) electrons. The molecule has 1 aliphatic carbocycles. The Kier molecular flexibility index (Phi) is 4.61. The van der Waals surface area contributed by atoms with Crippen molar-refractivity contribution in [2.75, 3.05) is 0 Å². The van der Waals surface area contributed by atoms with Gasteiger partial charge in [0.25, 0.3) is 0 Å². The zero-order chi connectivity index (χ0) is 12.1. The summed E-state index contributed by atoms with van der Waals surface area (Å²) >= 11 is 6.23. The van der Waals surface area contributed by atoms with Gasteiger partial charge in [0.2, 0.25) is 0 Å². The highest BCUT2D eigenvalue weighted by Crippen LogP contribution is 2.23. The molecular formula is C15H20ClN. The van der Waals surface area contributed by atoms with Crippen molar-refractivity contribution in [2.45, 2.75) is 50.8 Å². The molecule has 1 atom stereocenters. The SMILES string of the molecule is CCc1ccc(CC2=CC(Cl)CCCC2)nc1. The van der Waals surface area contributed by atoms with Crippen LogP contribution in [-0.2, 0) is 12.8 Å². The van der Waals surface area contributed by atoms with Crippen LogP contribution in [0.4, 0.5) is 0 Å². The second-order valence-corrected chi connectivity index (χ2v) is 5.34. The summed E-state index contributed by atoms with van der Waals surface area (Å²) in [6.45, 7) is 2.16. The van der Waals surface area contributed by atoms with Gasteiger partial charge < -0.3 is 0 Å². The van der Waals surface area contributed by atoms with Crippen LogP contribution >= 0.6 is 11.6 Å². The van der Waals surface area contributed by atoms with Gasteiger partial charge in [0.15, 0.2) is 0 Å².